The van der Waals surface area contributed by atoms with Crippen molar-refractivity contribution in [1.82, 2.24) is 14.7 Å². The Morgan fingerprint density at radius 3 is 2.64 bits per heavy atom. The fourth-order valence-corrected chi connectivity index (χ4v) is 4.01. The lowest BCUT2D eigenvalue weighted by Gasteiger charge is -2.31. The molecule has 0 bridgehead atoms. The second kappa shape index (κ2) is 7.37. The van der Waals surface area contributed by atoms with Gasteiger partial charge in [0.05, 0.1) is 4.88 Å². The number of rotatable bonds is 5. The van der Waals surface area contributed by atoms with Crippen molar-refractivity contribution in [3.8, 4) is 10.8 Å². The van der Waals surface area contributed by atoms with Gasteiger partial charge in [-0.15, -0.1) is 16.4 Å². The lowest BCUT2D eigenvalue weighted by atomic mass is 9.90. The van der Waals surface area contributed by atoms with Crippen LogP contribution in [0.3, 0.4) is 0 Å². The van der Waals surface area contributed by atoms with E-state index in [-0.39, 0.29) is 5.76 Å². The van der Waals surface area contributed by atoms with Crippen LogP contribution in [0.5, 0.6) is 0 Å². The van der Waals surface area contributed by atoms with Crippen molar-refractivity contribution in [2.45, 2.75) is 25.9 Å². The smallest absolute Gasteiger partial charge is 0.387 e. The van der Waals surface area contributed by atoms with Gasteiger partial charge in [0.25, 0.3) is 5.89 Å². The van der Waals surface area contributed by atoms with Crippen LogP contribution in [0.25, 0.3) is 10.8 Å². The molecule has 1 aliphatic heterocycles. The standard InChI is InChI=1S/C19H21N3O2S/c23-19-22(20-18(24-19)17-7-4-12-25-17)14-21-10-8-16(9-11-21)13-15-5-2-1-3-6-15/h1-7,12,16H,8-11,13-14H2. The molecule has 130 valence electrons. The van der Waals surface area contributed by atoms with Gasteiger partial charge in [-0.25, -0.2) is 4.79 Å². The highest BCUT2D eigenvalue weighted by Crippen LogP contribution is 2.23. The van der Waals surface area contributed by atoms with Crippen LogP contribution < -0.4 is 5.76 Å². The minimum absolute atomic E-state index is 0.380. The molecule has 1 saturated heterocycles. The quantitative estimate of drug-likeness (QED) is 0.703. The Morgan fingerprint density at radius 1 is 1.12 bits per heavy atom. The van der Waals surface area contributed by atoms with E-state index in [2.05, 4.69) is 40.3 Å². The molecule has 25 heavy (non-hydrogen) atoms. The largest absolute Gasteiger partial charge is 0.438 e. The lowest BCUT2D eigenvalue weighted by Crippen LogP contribution is -2.38. The highest BCUT2D eigenvalue weighted by molar-refractivity contribution is 7.13. The van der Waals surface area contributed by atoms with Gasteiger partial charge < -0.3 is 4.42 Å². The first-order chi connectivity index (χ1) is 12.3. The molecule has 3 heterocycles. The van der Waals surface area contributed by atoms with Gasteiger partial charge in [0, 0.05) is 13.1 Å². The van der Waals surface area contributed by atoms with Crippen molar-refractivity contribution in [2.75, 3.05) is 13.1 Å². The summed E-state index contributed by atoms with van der Waals surface area (Å²) in [6.07, 6.45) is 3.44. The molecule has 0 atom stereocenters. The fraction of sp³-hybridized carbons (Fsp3) is 0.368. The number of hydrogen-bond donors (Lipinski definition) is 0. The summed E-state index contributed by atoms with van der Waals surface area (Å²) in [7, 11) is 0. The number of benzene rings is 1. The van der Waals surface area contributed by atoms with Crippen molar-refractivity contribution in [2.24, 2.45) is 5.92 Å². The van der Waals surface area contributed by atoms with Gasteiger partial charge >= 0.3 is 5.76 Å². The number of piperidine rings is 1. The molecule has 0 spiro atoms. The summed E-state index contributed by atoms with van der Waals surface area (Å²) in [4.78, 5) is 15.2. The number of aromatic nitrogens is 2. The summed E-state index contributed by atoms with van der Waals surface area (Å²) < 4.78 is 6.72. The van der Waals surface area contributed by atoms with Gasteiger partial charge in [-0.2, -0.15) is 4.68 Å². The van der Waals surface area contributed by atoms with E-state index < -0.39 is 0 Å². The Hall–Kier alpha value is -2.18. The van der Waals surface area contributed by atoms with Crippen LogP contribution in [0.15, 0.2) is 57.1 Å². The Labute approximate surface area is 150 Å². The molecule has 0 radical (unpaired) electrons. The monoisotopic (exact) mass is 355 g/mol. The van der Waals surface area contributed by atoms with E-state index in [4.69, 9.17) is 4.42 Å². The molecule has 1 aliphatic rings. The predicted molar refractivity (Wildman–Crippen MR) is 98.5 cm³/mol. The van der Waals surface area contributed by atoms with Gasteiger partial charge in [0.15, 0.2) is 0 Å². The number of nitrogens with zero attached hydrogens (tertiary/aromatic N) is 3. The third kappa shape index (κ3) is 3.91. The molecule has 4 rings (SSSR count). The molecule has 1 aromatic carbocycles. The number of thiophene rings is 1. The van der Waals surface area contributed by atoms with Crippen LogP contribution in [-0.4, -0.2) is 27.8 Å². The van der Waals surface area contributed by atoms with Crippen LogP contribution in [-0.2, 0) is 13.1 Å². The van der Waals surface area contributed by atoms with Crippen molar-refractivity contribution in [3.05, 3.63) is 64.0 Å². The number of hydrogen-bond acceptors (Lipinski definition) is 5. The molecule has 2 aromatic heterocycles. The zero-order valence-electron chi connectivity index (χ0n) is 14.0. The third-order valence-electron chi connectivity index (χ3n) is 4.75. The second-order valence-electron chi connectivity index (χ2n) is 6.54. The Morgan fingerprint density at radius 2 is 1.92 bits per heavy atom. The topological polar surface area (TPSA) is 51.3 Å². The average molecular weight is 355 g/mol. The zero-order valence-corrected chi connectivity index (χ0v) is 14.8. The van der Waals surface area contributed by atoms with Crippen LogP contribution in [0.2, 0.25) is 0 Å². The molecule has 6 heteroatoms. The minimum Gasteiger partial charge on any atom is -0.387 e. The average Bonchev–Trinajstić information content (AvgIpc) is 3.28. The van der Waals surface area contributed by atoms with Crippen molar-refractivity contribution in [3.63, 3.8) is 0 Å². The minimum atomic E-state index is -0.380. The first kappa shape index (κ1) is 16.3. The molecule has 5 nitrogen and oxygen atoms in total. The Bertz CT molecular complexity index is 846. The highest BCUT2D eigenvalue weighted by Gasteiger charge is 2.21. The van der Waals surface area contributed by atoms with E-state index in [1.54, 1.807) is 0 Å². The van der Waals surface area contributed by atoms with Gasteiger partial charge in [0.1, 0.15) is 6.67 Å². The molecular formula is C19H21N3O2S. The van der Waals surface area contributed by atoms with Crippen molar-refractivity contribution in [1.29, 1.82) is 0 Å². The summed E-state index contributed by atoms with van der Waals surface area (Å²) in [6, 6.07) is 14.5. The van der Waals surface area contributed by atoms with Gasteiger partial charge in [-0.05, 0) is 42.2 Å². The zero-order chi connectivity index (χ0) is 17.1. The van der Waals surface area contributed by atoms with Crippen molar-refractivity contribution >= 4 is 11.3 Å². The lowest BCUT2D eigenvalue weighted by molar-refractivity contribution is 0.137. The maximum atomic E-state index is 12.0. The summed E-state index contributed by atoms with van der Waals surface area (Å²) in [5, 5.41) is 6.29. The maximum absolute atomic E-state index is 12.0. The van der Waals surface area contributed by atoms with E-state index in [1.807, 2.05) is 17.5 Å². The maximum Gasteiger partial charge on any atom is 0.438 e. The van der Waals surface area contributed by atoms with Gasteiger partial charge in [-0.3, -0.25) is 4.90 Å². The molecule has 0 aliphatic carbocycles. The molecular weight excluding hydrogens is 334 g/mol. The summed E-state index contributed by atoms with van der Waals surface area (Å²) in [5.74, 6) is 0.753. The molecule has 0 N–H and O–H groups in total. The molecule has 0 unspecified atom stereocenters. The van der Waals surface area contributed by atoms with E-state index in [9.17, 15) is 4.79 Å². The summed E-state index contributed by atoms with van der Waals surface area (Å²) in [5.41, 5.74) is 1.41. The van der Waals surface area contributed by atoms with Crippen LogP contribution in [0.1, 0.15) is 18.4 Å². The van der Waals surface area contributed by atoms with Crippen LogP contribution >= 0.6 is 11.3 Å². The van der Waals surface area contributed by atoms with E-state index in [1.165, 1.54) is 21.6 Å². The number of likely N-dealkylation sites (tertiary alicyclic amines) is 1. The third-order valence-corrected chi connectivity index (χ3v) is 5.60. The molecule has 3 aromatic rings. The Balaban J connectivity index is 1.34. The van der Waals surface area contributed by atoms with E-state index in [0.717, 1.165) is 43.1 Å². The van der Waals surface area contributed by atoms with E-state index in [0.29, 0.717) is 12.6 Å². The molecule has 1 fully saturated rings. The Kier molecular flexibility index (Phi) is 4.81. The summed E-state index contributed by atoms with van der Waals surface area (Å²) in [6.45, 7) is 2.49. The predicted octanol–water partition coefficient (Wildman–Crippen LogP) is 3.48. The first-order valence-corrected chi connectivity index (χ1v) is 9.54. The van der Waals surface area contributed by atoms with Crippen LogP contribution in [0.4, 0.5) is 0 Å². The first-order valence-electron chi connectivity index (χ1n) is 8.66. The SMILES string of the molecule is O=c1oc(-c2cccs2)nn1CN1CCC(Cc2ccccc2)CC1. The van der Waals surface area contributed by atoms with Crippen LogP contribution in [0, 0.1) is 5.92 Å². The highest BCUT2D eigenvalue weighted by atomic mass is 32.1. The molecule has 0 amide bonds. The normalized spacial score (nSPS) is 16.3. The van der Waals surface area contributed by atoms with E-state index >= 15 is 0 Å². The second-order valence-corrected chi connectivity index (χ2v) is 7.49. The fourth-order valence-electron chi connectivity index (χ4n) is 3.36. The van der Waals surface area contributed by atoms with Crippen molar-refractivity contribution < 1.29 is 4.42 Å². The molecule has 0 saturated carbocycles. The van der Waals surface area contributed by atoms with Gasteiger partial charge in [-0.1, -0.05) is 36.4 Å². The summed E-state index contributed by atoms with van der Waals surface area (Å²) >= 11 is 1.52. The van der Waals surface area contributed by atoms with Gasteiger partial charge in [0.2, 0.25) is 0 Å².